The summed E-state index contributed by atoms with van der Waals surface area (Å²) in [6.45, 7) is 10.8. The normalized spacial score (nSPS) is 20.0. The Morgan fingerprint density at radius 1 is 1.00 bits per heavy atom. The summed E-state index contributed by atoms with van der Waals surface area (Å²) < 4.78 is 12.0. The lowest BCUT2D eigenvalue weighted by atomic mass is 9.93. The molecule has 0 aromatic heterocycles. The smallest absolute Gasteiger partial charge is 0.408 e. The van der Waals surface area contributed by atoms with Crippen molar-refractivity contribution < 1.29 is 19.1 Å². The number of carbonyl (C=O) groups is 2. The lowest BCUT2D eigenvalue weighted by Crippen LogP contribution is -2.56. The van der Waals surface area contributed by atoms with E-state index in [1.54, 1.807) is 20.8 Å². The van der Waals surface area contributed by atoms with Crippen molar-refractivity contribution in [3.05, 3.63) is 40.4 Å². The fourth-order valence-corrected chi connectivity index (χ4v) is 3.09. The Morgan fingerprint density at radius 3 is 2.07 bits per heavy atom. The van der Waals surface area contributed by atoms with E-state index in [1.807, 2.05) is 51.1 Å². The molecule has 27 heavy (non-hydrogen) atoms. The van der Waals surface area contributed by atoms with Crippen molar-refractivity contribution in [2.75, 3.05) is 0 Å². The van der Waals surface area contributed by atoms with Crippen LogP contribution in [-0.2, 0) is 14.3 Å². The molecule has 0 radical (unpaired) electrons. The number of esters is 1. The molecule has 0 aliphatic heterocycles. The van der Waals surface area contributed by atoms with E-state index in [2.05, 4.69) is 21.2 Å². The fourth-order valence-electron chi connectivity index (χ4n) is 2.83. The van der Waals surface area contributed by atoms with Gasteiger partial charge in [-0.3, -0.25) is 0 Å². The molecule has 0 saturated carbocycles. The number of rotatable bonds is 3. The van der Waals surface area contributed by atoms with Gasteiger partial charge in [0.15, 0.2) is 0 Å². The second kappa shape index (κ2) is 7.66. The van der Waals surface area contributed by atoms with Crippen LogP contribution >= 0.6 is 15.9 Å². The number of nitrogens with one attached hydrogen (secondary N) is 1. The van der Waals surface area contributed by atoms with Crippen molar-refractivity contribution in [1.82, 2.24) is 5.32 Å². The van der Waals surface area contributed by atoms with Crippen LogP contribution in [0.4, 0.5) is 4.79 Å². The summed E-state index contributed by atoms with van der Waals surface area (Å²) in [5, 5.41) is 2.79. The number of amides is 1. The van der Waals surface area contributed by atoms with E-state index in [9.17, 15) is 9.59 Å². The Kier molecular flexibility index (Phi) is 6.10. The number of hydrogen-bond acceptors (Lipinski definition) is 4. The molecule has 1 N–H and O–H groups in total. The summed E-state index contributed by atoms with van der Waals surface area (Å²) in [5.74, 6) is -0.454. The first-order valence-corrected chi connectivity index (χ1v) is 9.79. The lowest BCUT2D eigenvalue weighted by Gasteiger charge is -2.33. The average Bonchev–Trinajstić information content (AvgIpc) is 2.89. The predicted molar refractivity (Wildman–Crippen MR) is 109 cm³/mol. The van der Waals surface area contributed by atoms with Gasteiger partial charge in [-0.05, 0) is 64.8 Å². The van der Waals surface area contributed by atoms with E-state index in [-0.39, 0.29) is 0 Å². The van der Waals surface area contributed by atoms with Crippen LogP contribution in [0.15, 0.2) is 34.8 Å². The van der Waals surface area contributed by atoms with E-state index in [1.165, 1.54) is 0 Å². The minimum Gasteiger partial charge on any atom is -0.458 e. The van der Waals surface area contributed by atoms with Crippen LogP contribution in [0.5, 0.6) is 0 Å². The highest BCUT2D eigenvalue weighted by atomic mass is 79.9. The van der Waals surface area contributed by atoms with Crippen LogP contribution in [0.25, 0.3) is 5.57 Å². The molecule has 1 amide bonds. The molecule has 0 saturated heterocycles. The van der Waals surface area contributed by atoms with E-state index in [0.717, 1.165) is 15.6 Å². The van der Waals surface area contributed by atoms with Gasteiger partial charge >= 0.3 is 12.1 Å². The van der Waals surface area contributed by atoms with E-state index < -0.39 is 28.8 Å². The van der Waals surface area contributed by atoms with Crippen LogP contribution in [0.1, 0.15) is 59.9 Å². The van der Waals surface area contributed by atoms with Gasteiger partial charge in [0.2, 0.25) is 0 Å². The minimum atomic E-state index is -1.17. The highest BCUT2D eigenvalue weighted by Gasteiger charge is 2.46. The molecular formula is C21H28BrNO4. The number of carbonyl (C=O) groups excluding carboxylic acids is 2. The van der Waals surface area contributed by atoms with E-state index >= 15 is 0 Å². The van der Waals surface area contributed by atoms with Crippen LogP contribution in [0, 0.1) is 0 Å². The van der Waals surface area contributed by atoms with Crippen molar-refractivity contribution in [3.63, 3.8) is 0 Å². The van der Waals surface area contributed by atoms with Crippen LogP contribution in [0.2, 0.25) is 0 Å². The first-order chi connectivity index (χ1) is 12.3. The van der Waals surface area contributed by atoms with Gasteiger partial charge in [0.1, 0.15) is 16.7 Å². The second-order valence-corrected chi connectivity index (χ2v) is 9.74. The first-order valence-electron chi connectivity index (χ1n) is 8.99. The van der Waals surface area contributed by atoms with Gasteiger partial charge in [-0.15, -0.1) is 0 Å². The molecule has 6 heteroatoms. The van der Waals surface area contributed by atoms with Gasteiger partial charge < -0.3 is 14.8 Å². The molecule has 0 unspecified atom stereocenters. The third kappa shape index (κ3) is 6.09. The summed E-state index contributed by atoms with van der Waals surface area (Å²) in [6, 6.07) is 7.86. The molecule has 0 spiro atoms. The molecule has 1 aromatic carbocycles. The van der Waals surface area contributed by atoms with Gasteiger partial charge in [0.25, 0.3) is 0 Å². The van der Waals surface area contributed by atoms with Crippen molar-refractivity contribution in [3.8, 4) is 0 Å². The summed E-state index contributed by atoms with van der Waals surface area (Å²) in [7, 11) is 0. The largest absolute Gasteiger partial charge is 0.458 e. The third-order valence-electron chi connectivity index (χ3n) is 3.93. The van der Waals surface area contributed by atoms with Crippen molar-refractivity contribution in [1.29, 1.82) is 0 Å². The molecule has 0 fully saturated rings. The molecule has 1 aliphatic carbocycles. The first kappa shape index (κ1) is 21.5. The van der Waals surface area contributed by atoms with Crippen LogP contribution < -0.4 is 5.32 Å². The maximum Gasteiger partial charge on any atom is 0.408 e. The van der Waals surface area contributed by atoms with Crippen LogP contribution in [0.3, 0.4) is 0 Å². The Labute approximate surface area is 169 Å². The Balaban J connectivity index is 2.25. The molecular weight excluding hydrogens is 410 g/mol. The fraction of sp³-hybridized carbons (Fsp3) is 0.524. The summed E-state index contributed by atoms with van der Waals surface area (Å²) in [6.07, 6.45) is 2.05. The number of hydrogen-bond donors (Lipinski definition) is 1. The molecule has 1 atom stereocenters. The summed E-state index contributed by atoms with van der Waals surface area (Å²) in [4.78, 5) is 25.4. The lowest BCUT2D eigenvalue weighted by molar-refractivity contribution is -0.162. The molecule has 1 aliphatic rings. The summed E-state index contributed by atoms with van der Waals surface area (Å²) >= 11 is 3.43. The quantitative estimate of drug-likeness (QED) is 0.657. The van der Waals surface area contributed by atoms with Crippen molar-refractivity contribution in [2.45, 2.75) is 71.1 Å². The van der Waals surface area contributed by atoms with E-state index in [0.29, 0.717) is 12.8 Å². The molecule has 148 valence electrons. The zero-order valence-corrected chi connectivity index (χ0v) is 18.4. The average molecular weight is 438 g/mol. The van der Waals surface area contributed by atoms with E-state index in [4.69, 9.17) is 9.47 Å². The minimum absolute atomic E-state index is 0.350. The maximum absolute atomic E-state index is 13.0. The number of alkyl carbamates (subject to hydrolysis) is 1. The molecule has 1 aromatic rings. The van der Waals surface area contributed by atoms with Crippen molar-refractivity contribution >= 4 is 33.6 Å². The molecule has 0 bridgehead atoms. The number of benzene rings is 1. The maximum atomic E-state index is 13.0. The zero-order valence-electron chi connectivity index (χ0n) is 16.8. The van der Waals surface area contributed by atoms with Gasteiger partial charge in [-0.25, -0.2) is 9.59 Å². The number of halogens is 1. The monoisotopic (exact) mass is 437 g/mol. The third-order valence-corrected chi connectivity index (χ3v) is 4.46. The Bertz CT molecular complexity index is 741. The Hall–Kier alpha value is -1.82. The van der Waals surface area contributed by atoms with Gasteiger partial charge in [-0.1, -0.05) is 34.1 Å². The predicted octanol–water partition coefficient (Wildman–Crippen LogP) is 5.23. The Morgan fingerprint density at radius 2 is 1.56 bits per heavy atom. The standard InChI is InChI=1S/C21H28BrNO4/c1-19(2,3)26-17(24)21(23-18(25)27-20(4,5)6)12-11-15(13-21)14-7-9-16(22)10-8-14/h7-11H,12-13H2,1-6H3,(H,23,25)/t21-/m1/s1. The number of ether oxygens (including phenoxy) is 2. The molecule has 2 rings (SSSR count). The summed E-state index contributed by atoms with van der Waals surface area (Å²) in [5.41, 5.74) is -0.475. The molecule has 0 heterocycles. The topological polar surface area (TPSA) is 64.6 Å². The SMILES string of the molecule is CC(C)(C)OC(=O)N[C@]1(C(=O)OC(C)(C)C)CC=C(c2ccc(Br)cc2)C1. The highest BCUT2D eigenvalue weighted by Crippen LogP contribution is 2.37. The van der Waals surface area contributed by atoms with Gasteiger partial charge in [0, 0.05) is 17.3 Å². The van der Waals surface area contributed by atoms with Crippen molar-refractivity contribution in [2.24, 2.45) is 0 Å². The second-order valence-electron chi connectivity index (χ2n) is 8.83. The van der Waals surface area contributed by atoms with Crippen LogP contribution in [-0.4, -0.2) is 28.8 Å². The van der Waals surface area contributed by atoms with Gasteiger partial charge in [-0.2, -0.15) is 0 Å². The van der Waals surface area contributed by atoms with Gasteiger partial charge in [0.05, 0.1) is 0 Å². The molecule has 5 nitrogen and oxygen atoms in total. The zero-order chi connectivity index (χ0) is 20.5. The highest BCUT2D eigenvalue weighted by molar-refractivity contribution is 9.10.